The van der Waals surface area contributed by atoms with Crippen molar-refractivity contribution in [3.05, 3.63) is 23.9 Å². The molecule has 1 aliphatic carbocycles. The molecule has 0 spiro atoms. The Labute approximate surface area is 156 Å². The van der Waals surface area contributed by atoms with E-state index in [0.717, 1.165) is 76.0 Å². The minimum atomic E-state index is 0.156. The van der Waals surface area contributed by atoms with Crippen molar-refractivity contribution in [2.75, 3.05) is 57.8 Å². The largest absolute Gasteiger partial charge is 0.354 e. The molecular weight excluding hydrogens is 326 g/mol. The molecule has 3 heterocycles. The topological polar surface area (TPSA) is 51.7 Å². The van der Waals surface area contributed by atoms with Crippen molar-refractivity contribution in [1.29, 1.82) is 0 Å². The summed E-state index contributed by atoms with van der Waals surface area (Å²) in [6.45, 7) is 6.90. The fraction of sp³-hybridized carbons (Fsp3) is 0.700. The molecule has 1 aromatic heterocycles. The van der Waals surface area contributed by atoms with Crippen molar-refractivity contribution >= 4 is 11.7 Å². The second kappa shape index (κ2) is 7.92. The first-order chi connectivity index (χ1) is 12.7. The second-order valence-electron chi connectivity index (χ2n) is 8.11. The average molecular weight is 358 g/mol. The van der Waals surface area contributed by atoms with E-state index in [1.165, 1.54) is 12.8 Å². The first-order valence-electron chi connectivity index (χ1n) is 10.1. The summed E-state index contributed by atoms with van der Waals surface area (Å²) in [5.41, 5.74) is 0.776. The summed E-state index contributed by atoms with van der Waals surface area (Å²) in [5.74, 6) is 2.01. The second-order valence-corrected chi connectivity index (χ2v) is 8.11. The van der Waals surface area contributed by atoms with Gasteiger partial charge in [0.15, 0.2) is 0 Å². The molecule has 0 atom stereocenters. The van der Waals surface area contributed by atoms with Crippen LogP contribution in [0.4, 0.5) is 5.82 Å². The molecule has 3 fully saturated rings. The van der Waals surface area contributed by atoms with Crippen LogP contribution in [-0.2, 0) is 0 Å². The Bertz CT molecular complexity index is 616. The van der Waals surface area contributed by atoms with Crippen LogP contribution < -0.4 is 10.2 Å². The fourth-order valence-electron chi connectivity index (χ4n) is 3.88. The van der Waals surface area contributed by atoms with E-state index in [1.54, 1.807) is 6.20 Å². The molecule has 0 radical (unpaired) electrons. The number of anilines is 1. The van der Waals surface area contributed by atoms with Crippen LogP contribution in [0.25, 0.3) is 0 Å². The number of amides is 1. The highest BCUT2D eigenvalue weighted by atomic mass is 16.2. The predicted molar refractivity (Wildman–Crippen MR) is 104 cm³/mol. The van der Waals surface area contributed by atoms with E-state index in [0.29, 0.717) is 6.04 Å². The third-order valence-electron chi connectivity index (χ3n) is 5.99. The minimum absolute atomic E-state index is 0.156. The van der Waals surface area contributed by atoms with Gasteiger partial charge in [0.1, 0.15) is 5.82 Å². The van der Waals surface area contributed by atoms with Crippen molar-refractivity contribution in [3.8, 4) is 0 Å². The molecule has 142 valence electrons. The van der Waals surface area contributed by atoms with E-state index in [-0.39, 0.29) is 5.91 Å². The van der Waals surface area contributed by atoms with Crippen LogP contribution in [0.3, 0.4) is 0 Å². The maximum atomic E-state index is 12.9. The summed E-state index contributed by atoms with van der Waals surface area (Å²) in [7, 11) is 2.15. The maximum absolute atomic E-state index is 12.9. The lowest BCUT2D eigenvalue weighted by Crippen LogP contribution is -2.46. The van der Waals surface area contributed by atoms with Crippen LogP contribution >= 0.6 is 0 Å². The van der Waals surface area contributed by atoms with E-state index in [1.807, 2.05) is 17.0 Å². The molecule has 6 heteroatoms. The number of rotatable bonds is 5. The van der Waals surface area contributed by atoms with Crippen LogP contribution in [0.15, 0.2) is 18.3 Å². The third kappa shape index (κ3) is 4.35. The van der Waals surface area contributed by atoms with E-state index < -0.39 is 0 Å². The molecule has 4 rings (SSSR count). The predicted octanol–water partition coefficient (Wildman–Crippen LogP) is 1.44. The van der Waals surface area contributed by atoms with E-state index >= 15 is 0 Å². The Morgan fingerprint density at radius 2 is 1.85 bits per heavy atom. The number of nitrogens with one attached hydrogen (secondary N) is 1. The van der Waals surface area contributed by atoms with Crippen molar-refractivity contribution in [3.63, 3.8) is 0 Å². The molecule has 26 heavy (non-hydrogen) atoms. The molecule has 0 aromatic carbocycles. The molecule has 0 bridgehead atoms. The van der Waals surface area contributed by atoms with Crippen LogP contribution in [0.1, 0.15) is 36.0 Å². The highest BCUT2D eigenvalue weighted by molar-refractivity contribution is 5.95. The van der Waals surface area contributed by atoms with Gasteiger partial charge in [-0.1, -0.05) is 0 Å². The molecule has 2 saturated heterocycles. The number of nitrogens with zero attached hydrogens (tertiary/aromatic N) is 4. The fourth-order valence-corrected chi connectivity index (χ4v) is 3.88. The van der Waals surface area contributed by atoms with E-state index in [9.17, 15) is 4.79 Å². The van der Waals surface area contributed by atoms with Gasteiger partial charge in [-0.25, -0.2) is 4.98 Å². The van der Waals surface area contributed by atoms with Gasteiger partial charge in [-0.2, -0.15) is 0 Å². The summed E-state index contributed by atoms with van der Waals surface area (Å²) in [4.78, 5) is 24.0. The van der Waals surface area contributed by atoms with Gasteiger partial charge >= 0.3 is 0 Å². The number of carbonyl (C=O) groups is 1. The molecule has 0 unspecified atom stereocenters. The lowest BCUT2D eigenvalue weighted by atomic mass is 10.0. The van der Waals surface area contributed by atoms with Gasteiger partial charge in [0.25, 0.3) is 5.91 Å². The molecular formula is C20H31N5O. The molecule has 1 amide bonds. The lowest BCUT2D eigenvalue weighted by molar-refractivity contribution is 0.0705. The first-order valence-corrected chi connectivity index (χ1v) is 10.1. The van der Waals surface area contributed by atoms with Crippen LogP contribution in [0, 0.1) is 5.92 Å². The van der Waals surface area contributed by atoms with Gasteiger partial charge in [-0.3, -0.25) is 4.79 Å². The number of piperazine rings is 1. The van der Waals surface area contributed by atoms with Crippen LogP contribution in [0.2, 0.25) is 0 Å². The van der Waals surface area contributed by atoms with E-state index in [4.69, 9.17) is 0 Å². The van der Waals surface area contributed by atoms with Crippen molar-refractivity contribution < 1.29 is 4.79 Å². The summed E-state index contributed by atoms with van der Waals surface area (Å²) in [6.07, 6.45) is 6.69. The van der Waals surface area contributed by atoms with Gasteiger partial charge in [0, 0.05) is 57.1 Å². The summed E-state index contributed by atoms with van der Waals surface area (Å²) >= 11 is 0. The zero-order valence-electron chi connectivity index (χ0n) is 15.9. The quantitative estimate of drug-likeness (QED) is 0.864. The zero-order chi connectivity index (χ0) is 17.9. The molecule has 1 aromatic rings. The van der Waals surface area contributed by atoms with Crippen molar-refractivity contribution in [2.45, 2.75) is 31.7 Å². The summed E-state index contributed by atoms with van der Waals surface area (Å²) in [6, 6.07) is 4.42. The van der Waals surface area contributed by atoms with Gasteiger partial charge in [0.05, 0.1) is 0 Å². The van der Waals surface area contributed by atoms with Crippen molar-refractivity contribution in [1.82, 2.24) is 20.1 Å². The summed E-state index contributed by atoms with van der Waals surface area (Å²) < 4.78 is 0. The molecule has 2 aliphatic heterocycles. The maximum Gasteiger partial charge on any atom is 0.254 e. The Morgan fingerprint density at radius 3 is 2.54 bits per heavy atom. The monoisotopic (exact) mass is 357 g/mol. The Morgan fingerprint density at radius 1 is 1.12 bits per heavy atom. The number of piperidine rings is 1. The van der Waals surface area contributed by atoms with Gasteiger partial charge in [-0.15, -0.1) is 0 Å². The number of aromatic nitrogens is 1. The average Bonchev–Trinajstić information content (AvgIpc) is 3.51. The normalized spacial score (nSPS) is 22.7. The number of hydrogen-bond donors (Lipinski definition) is 1. The number of pyridine rings is 1. The van der Waals surface area contributed by atoms with Gasteiger partial charge < -0.3 is 20.0 Å². The van der Waals surface area contributed by atoms with Gasteiger partial charge in [0.2, 0.25) is 0 Å². The highest BCUT2D eigenvalue weighted by Gasteiger charge is 2.27. The first kappa shape index (κ1) is 17.7. The Hall–Kier alpha value is -1.66. The van der Waals surface area contributed by atoms with E-state index in [2.05, 4.69) is 27.1 Å². The SMILES string of the molecule is CN1CCN(c2cc(C(=O)N3CCC(NCC4CC4)CC3)ccn2)CC1. The summed E-state index contributed by atoms with van der Waals surface area (Å²) in [5, 5.41) is 3.68. The molecule has 3 aliphatic rings. The van der Waals surface area contributed by atoms with Crippen LogP contribution in [0.5, 0.6) is 0 Å². The van der Waals surface area contributed by atoms with Crippen LogP contribution in [-0.4, -0.2) is 79.6 Å². The number of likely N-dealkylation sites (N-methyl/N-ethyl adjacent to an activating group) is 1. The Balaban J connectivity index is 1.32. The standard InChI is InChI=1S/C20H31N5O/c1-23-10-12-24(13-11-23)19-14-17(4-7-21-19)20(26)25-8-5-18(6-9-25)22-15-16-2-3-16/h4,7,14,16,18,22H,2-3,5-6,8-13,15H2,1H3. The third-order valence-corrected chi connectivity index (χ3v) is 5.99. The highest BCUT2D eigenvalue weighted by Crippen LogP contribution is 2.28. The van der Waals surface area contributed by atoms with Crippen molar-refractivity contribution in [2.24, 2.45) is 5.92 Å². The minimum Gasteiger partial charge on any atom is -0.354 e. The zero-order valence-corrected chi connectivity index (χ0v) is 15.9. The molecule has 6 nitrogen and oxygen atoms in total. The smallest absolute Gasteiger partial charge is 0.254 e. The van der Waals surface area contributed by atoms with Gasteiger partial charge in [-0.05, 0) is 57.3 Å². The number of hydrogen-bond acceptors (Lipinski definition) is 5. The Kier molecular flexibility index (Phi) is 5.41. The molecule has 1 N–H and O–H groups in total. The number of carbonyl (C=O) groups excluding carboxylic acids is 1. The molecule has 1 saturated carbocycles. The number of likely N-dealkylation sites (tertiary alicyclic amines) is 1. The lowest BCUT2D eigenvalue weighted by Gasteiger charge is -2.34.